The van der Waals surface area contributed by atoms with Gasteiger partial charge in [-0.25, -0.2) is 4.85 Å². The molecule has 0 bridgehead atoms. The third kappa shape index (κ3) is 6.80. The molecule has 4 aromatic rings. The Labute approximate surface area is 256 Å². The topological polar surface area (TPSA) is 107 Å². The molecule has 9 heteroatoms. The number of ketones is 1. The lowest BCUT2D eigenvalue weighted by Crippen LogP contribution is -2.44. The Morgan fingerprint density at radius 2 is 1.73 bits per heavy atom. The minimum absolute atomic E-state index is 0.00526. The van der Waals surface area contributed by atoms with Gasteiger partial charge in [0.25, 0.3) is 5.91 Å². The third-order valence-corrected chi connectivity index (χ3v) is 8.73. The fourth-order valence-corrected chi connectivity index (χ4v) is 6.16. The molecule has 2 fully saturated rings. The van der Waals surface area contributed by atoms with Crippen LogP contribution < -0.4 is 10.2 Å². The van der Waals surface area contributed by atoms with Gasteiger partial charge in [-0.2, -0.15) is 5.26 Å². The second-order valence-electron chi connectivity index (χ2n) is 11.7. The molecule has 4 heterocycles. The summed E-state index contributed by atoms with van der Waals surface area (Å²) in [7, 11) is 0. The minimum atomic E-state index is -0.214. The number of pyridine rings is 1. The molecule has 6 rings (SSSR count). The fraction of sp³-hybridized carbons (Fsp3) is 0.343. The number of Topliss-reactive ketones (excluding diaryl/α,β-unsaturated/α-hetero) is 1. The summed E-state index contributed by atoms with van der Waals surface area (Å²) in [5.74, 6) is 1.15. The quantitative estimate of drug-likeness (QED) is 0.265. The van der Waals surface area contributed by atoms with Gasteiger partial charge < -0.3 is 14.6 Å². The van der Waals surface area contributed by atoms with Crippen LogP contribution in [0.5, 0.6) is 0 Å². The van der Waals surface area contributed by atoms with Crippen molar-refractivity contribution >= 4 is 34.2 Å². The molecule has 0 unspecified atom stereocenters. The summed E-state index contributed by atoms with van der Waals surface area (Å²) in [5, 5.41) is 12.9. The van der Waals surface area contributed by atoms with Gasteiger partial charge in [0.05, 0.1) is 18.2 Å². The Hall–Kier alpha value is -4.99. The lowest BCUT2D eigenvalue weighted by atomic mass is 9.89. The molecule has 0 saturated carbocycles. The van der Waals surface area contributed by atoms with Gasteiger partial charge in [-0.1, -0.05) is 24.3 Å². The molecule has 44 heavy (non-hydrogen) atoms. The fourth-order valence-electron chi connectivity index (χ4n) is 6.16. The van der Waals surface area contributed by atoms with E-state index in [1.165, 1.54) is 5.56 Å². The first-order chi connectivity index (χ1) is 21.5. The molecule has 1 amide bonds. The second-order valence-corrected chi connectivity index (χ2v) is 11.7. The monoisotopic (exact) mass is 586 g/mol. The summed E-state index contributed by atoms with van der Waals surface area (Å²) < 4.78 is 5.88. The molecular weight excluding hydrogens is 552 g/mol. The van der Waals surface area contributed by atoms with Gasteiger partial charge in [-0.05, 0) is 73.2 Å². The largest absolute Gasteiger partial charge is 0.451 e. The van der Waals surface area contributed by atoms with Crippen LogP contribution >= 0.6 is 0 Å². The maximum Gasteiger partial charge on any atom is 0.287 e. The van der Waals surface area contributed by atoms with Gasteiger partial charge in [-0.3, -0.25) is 19.5 Å². The Morgan fingerprint density at radius 3 is 2.41 bits per heavy atom. The van der Waals surface area contributed by atoms with Crippen LogP contribution in [-0.2, 0) is 17.8 Å². The average Bonchev–Trinajstić information content (AvgIpc) is 3.50. The van der Waals surface area contributed by atoms with Crippen molar-refractivity contribution in [3.8, 4) is 6.07 Å². The predicted molar refractivity (Wildman–Crippen MR) is 167 cm³/mol. The number of likely N-dealkylation sites (tertiary alicyclic amines) is 1. The molecule has 0 atom stereocenters. The third-order valence-electron chi connectivity index (χ3n) is 8.73. The van der Waals surface area contributed by atoms with Crippen LogP contribution in [0.2, 0.25) is 0 Å². The van der Waals surface area contributed by atoms with E-state index >= 15 is 0 Å². The van der Waals surface area contributed by atoms with Crippen LogP contribution in [0, 0.1) is 23.8 Å². The highest BCUT2D eigenvalue weighted by atomic mass is 16.3. The molecular formula is C35H34N6O3. The van der Waals surface area contributed by atoms with Crippen LogP contribution in [0.3, 0.4) is 0 Å². The normalized spacial score (nSPS) is 16.4. The standard InChI is InChI=1S/C35H34N6O3/c1-37-30-7-9-34(38-22-30)41-16-10-27(11-17-41)31(42)19-26-6-8-32-28(18-26)20-33(44-32)35(43)39-29-12-14-40(15-13-29)23-25-4-2-24(21-36)3-5-25/h2-9,18,20,22,27,29H,10-17,19,23H2,(H,39,43). The van der Waals surface area contributed by atoms with Crippen LogP contribution in [0.4, 0.5) is 11.5 Å². The summed E-state index contributed by atoms with van der Waals surface area (Å²) in [6.45, 7) is 11.2. The molecule has 9 nitrogen and oxygen atoms in total. The number of carbonyl (C=O) groups is 2. The number of fused-ring (bicyclic) bond motifs is 1. The number of nitrogens with zero attached hydrogens (tertiary/aromatic N) is 5. The maximum atomic E-state index is 13.1. The number of anilines is 1. The molecule has 1 N–H and O–H groups in total. The van der Waals surface area contributed by atoms with Gasteiger partial charge in [0, 0.05) is 62.7 Å². The van der Waals surface area contributed by atoms with Crippen molar-refractivity contribution in [2.24, 2.45) is 5.92 Å². The first kappa shape index (κ1) is 29.1. The van der Waals surface area contributed by atoms with E-state index in [9.17, 15) is 9.59 Å². The zero-order valence-electron chi connectivity index (χ0n) is 24.5. The van der Waals surface area contributed by atoms with Crippen molar-refractivity contribution in [1.29, 1.82) is 5.26 Å². The number of hydrogen-bond donors (Lipinski definition) is 1. The number of furan rings is 1. The van der Waals surface area contributed by atoms with E-state index in [0.717, 1.165) is 75.2 Å². The van der Waals surface area contributed by atoms with E-state index in [2.05, 4.69) is 31.0 Å². The van der Waals surface area contributed by atoms with Gasteiger partial charge >= 0.3 is 0 Å². The number of nitrogens with one attached hydrogen (secondary N) is 1. The number of amides is 1. The van der Waals surface area contributed by atoms with E-state index in [-0.39, 0.29) is 29.4 Å². The number of benzene rings is 2. The van der Waals surface area contributed by atoms with Gasteiger partial charge in [0.15, 0.2) is 5.76 Å². The molecule has 2 saturated heterocycles. The molecule has 0 radical (unpaired) electrons. The van der Waals surface area contributed by atoms with E-state index < -0.39 is 0 Å². The summed E-state index contributed by atoms with van der Waals surface area (Å²) in [4.78, 5) is 38.5. The predicted octanol–water partition coefficient (Wildman–Crippen LogP) is 5.67. The van der Waals surface area contributed by atoms with Crippen LogP contribution in [0.1, 0.15) is 52.9 Å². The number of hydrogen-bond acceptors (Lipinski definition) is 7. The van der Waals surface area contributed by atoms with Gasteiger partial charge in [-0.15, -0.1) is 0 Å². The average molecular weight is 587 g/mol. The molecule has 0 aliphatic carbocycles. The number of rotatable bonds is 8. The smallest absolute Gasteiger partial charge is 0.287 e. The van der Waals surface area contributed by atoms with E-state index in [4.69, 9.17) is 16.3 Å². The second kappa shape index (κ2) is 13.1. The molecule has 0 spiro atoms. The molecule has 222 valence electrons. The summed E-state index contributed by atoms with van der Waals surface area (Å²) in [6, 6.07) is 21.0. The molecule has 2 aliphatic heterocycles. The van der Waals surface area contributed by atoms with Crippen molar-refractivity contribution in [3.05, 3.63) is 101 Å². The lowest BCUT2D eigenvalue weighted by molar-refractivity contribution is -0.122. The highest BCUT2D eigenvalue weighted by Crippen LogP contribution is 2.27. The molecule has 2 aromatic carbocycles. The van der Waals surface area contributed by atoms with Crippen molar-refractivity contribution in [1.82, 2.24) is 15.2 Å². The summed E-state index contributed by atoms with van der Waals surface area (Å²) >= 11 is 0. The molecule has 2 aliphatic rings. The summed E-state index contributed by atoms with van der Waals surface area (Å²) in [5.41, 5.74) is 3.92. The van der Waals surface area contributed by atoms with Crippen LogP contribution in [0.25, 0.3) is 15.8 Å². The first-order valence-electron chi connectivity index (χ1n) is 15.1. The van der Waals surface area contributed by atoms with Crippen molar-refractivity contribution in [3.63, 3.8) is 0 Å². The highest BCUT2D eigenvalue weighted by molar-refractivity contribution is 5.96. The summed E-state index contributed by atoms with van der Waals surface area (Å²) in [6.07, 6.45) is 5.21. The zero-order valence-corrected chi connectivity index (χ0v) is 24.5. The van der Waals surface area contributed by atoms with E-state index in [1.54, 1.807) is 18.3 Å². The van der Waals surface area contributed by atoms with Crippen LogP contribution in [0.15, 0.2) is 71.3 Å². The number of piperidine rings is 2. The Morgan fingerprint density at radius 1 is 0.977 bits per heavy atom. The zero-order chi connectivity index (χ0) is 30.5. The first-order valence-corrected chi connectivity index (χ1v) is 15.1. The van der Waals surface area contributed by atoms with Crippen molar-refractivity contribution in [2.75, 3.05) is 31.1 Å². The van der Waals surface area contributed by atoms with E-state index in [1.807, 2.05) is 48.5 Å². The van der Waals surface area contributed by atoms with Crippen molar-refractivity contribution in [2.45, 2.75) is 44.7 Å². The Balaban J connectivity index is 0.982. The van der Waals surface area contributed by atoms with E-state index in [0.29, 0.717) is 23.3 Å². The van der Waals surface area contributed by atoms with Crippen molar-refractivity contribution < 1.29 is 14.0 Å². The maximum absolute atomic E-state index is 13.1. The Bertz CT molecular complexity index is 1720. The SMILES string of the molecule is [C-]#[N+]c1ccc(N2CCC(C(=O)Cc3ccc4oc(C(=O)NC5CCN(Cc6ccc(C#N)cc6)CC5)cc4c3)CC2)nc1. The van der Waals surface area contributed by atoms with Crippen LogP contribution in [-0.4, -0.2) is 53.8 Å². The number of aromatic nitrogens is 1. The molecule has 2 aromatic heterocycles. The number of nitriles is 1. The van der Waals surface area contributed by atoms with Gasteiger partial charge in [0.1, 0.15) is 17.2 Å². The highest BCUT2D eigenvalue weighted by Gasteiger charge is 2.26. The number of carbonyl (C=O) groups excluding carboxylic acids is 2. The lowest BCUT2D eigenvalue weighted by Gasteiger charge is -2.32. The minimum Gasteiger partial charge on any atom is -0.451 e. The van der Waals surface area contributed by atoms with Gasteiger partial charge in [0.2, 0.25) is 5.69 Å². The Kier molecular flexibility index (Phi) is 8.67.